The van der Waals surface area contributed by atoms with E-state index >= 15 is 0 Å². The molecule has 33 heavy (non-hydrogen) atoms. The van der Waals surface area contributed by atoms with E-state index in [0.29, 0.717) is 37.9 Å². The normalized spacial score (nSPS) is 22.7. The zero-order chi connectivity index (χ0) is 23.2. The van der Waals surface area contributed by atoms with E-state index in [9.17, 15) is 9.59 Å². The van der Waals surface area contributed by atoms with Crippen LogP contribution in [0.5, 0.6) is 5.75 Å². The molecule has 5 rings (SSSR count). The lowest BCUT2D eigenvalue weighted by atomic mass is 9.82. The van der Waals surface area contributed by atoms with Gasteiger partial charge in [-0.15, -0.1) is 0 Å². The standard InChI is InChI=1S/C26H30N4O3/c1-4-30-14-13-26(12-11-24(30)31)16-21(19-7-5-6-8-23(19)33-26)28-25(32)18-9-10-22-20(15-18)27-17(2)29(22)3/h5-10,15,21H,4,11-14,16H2,1-3H3,(H,28,32)/t21-,26+/m0/s1. The fourth-order valence-electron chi connectivity index (χ4n) is 5.17. The number of benzene rings is 2. The molecule has 0 aliphatic carbocycles. The summed E-state index contributed by atoms with van der Waals surface area (Å²) in [6.07, 6.45) is 2.52. The second kappa shape index (κ2) is 8.21. The third-order valence-corrected chi connectivity index (χ3v) is 7.24. The van der Waals surface area contributed by atoms with Gasteiger partial charge in [0.25, 0.3) is 5.91 Å². The number of fused-ring (bicyclic) bond motifs is 2. The Morgan fingerprint density at radius 3 is 2.88 bits per heavy atom. The predicted molar refractivity (Wildman–Crippen MR) is 126 cm³/mol. The molecule has 1 spiro atoms. The SMILES string of the molecule is CCN1CC[C@]2(CCC1=O)C[C@H](NC(=O)c1ccc3c(c1)nc(C)n3C)c1ccccc1O2. The van der Waals surface area contributed by atoms with Gasteiger partial charge < -0.3 is 19.5 Å². The lowest BCUT2D eigenvalue weighted by Crippen LogP contribution is -2.46. The number of para-hydroxylation sites is 1. The molecular weight excluding hydrogens is 416 g/mol. The molecule has 2 amide bonds. The van der Waals surface area contributed by atoms with Gasteiger partial charge in [0.05, 0.1) is 17.1 Å². The van der Waals surface area contributed by atoms with Gasteiger partial charge >= 0.3 is 0 Å². The van der Waals surface area contributed by atoms with E-state index in [1.54, 1.807) is 0 Å². The Bertz CT molecular complexity index is 1230. The Kier molecular flexibility index (Phi) is 5.35. The van der Waals surface area contributed by atoms with Crippen molar-refractivity contribution >= 4 is 22.8 Å². The fourth-order valence-corrected chi connectivity index (χ4v) is 5.17. The van der Waals surface area contributed by atoms with Gasteiger partial charge in [0.15, 0.2) is 0 Å². The number of rotatable bonds is 3. The van der Waals surface area contributed by atoms with E-state index in [4.69, 9.17) is 4.74 Å². The summed E-state index contributed by atoms with van der Waals surface area (Å²) in [5.74, 6) is 1.75. The van der Waals surface area contributed by atoms with Crippen molar-refractivity contribution in [2.75, 3.05) is 13.1 Å². The van der Waals surface area contributed by atoms with Crippen molar-refractivity contribution in [1.29, 1.82) is 0 Å². The number of imidazole rings is 1. The van der Waals surface area contributed by atoms with Crippen LogP contribution < -0.4 is 10.1 Å². The zero-order valence-corrected chi connectivity index (χ0v) is 19.4. The Labute approximate surface area is 193 Å². The van der Waals surface area contributed by atoms with Gasteiger partial charge in [0.2, 0.25) is 5.91 Å². The average molecular weight is 447 g/mol. The van der Waals surface area contributed by atoms with Crippen molar-refractivity contribution in [3.05, 3.63) is 59.4 Å². The van der Waals surface area contributed by atoms with E-state index in [2.05, 4.69) is 10.3 Å². The highest BCUT2D eigenvalue weighted by Gasteiger charge is 2.43. The Hall–Kier alpha value is -3.35. The summed E-state index contributed by atoms with van der Waals surface area (Å²) in [6, 6.07) is 13.4. The lowest BCUT2D eigenvalue weighted by Gasteiger charge is -2.42. The van der Waals surface area contributed by atoms with E-state index < -0.39 is 5.60 Å². The van der Waals surface area contributed by atoms with Crippen molar-refractivity contribution in [2.24, 2.45) is 7.05 Å². The molecule has 1 N–H and O–H groups in total. The second-order valence-electron chi connectivity index (χ2n) is 9.20. The maximum Gasteiger partial charge on any atom is 0.251 e. The maximum atomic E-state index is 13.3. The molecule has 0 radical (unpaired) electrons. The Morgan fingerprint density at radius 2 is 2.06 bits per heavy atom. The number of nitrogens with one attached hydrogen (secondary N) is 1. The molecule has 2 aliphatic heterocycles. The molecule has 7 heteroatoms. The van der Waals surface area contributed by atoms with Gasteiger partial charge in [-0.1, -0.05) is 18.2 Å². The summed E-state index contributed by atoms with van der Waals surface area (Å²) < 4.78 is 8.55. The molecule has 0 unspecified atom stereocenters. The zero-order valence-electron chi connectivity index (χ0n) is 19.4. The minimum atomic E-state index is -0.464. The number of hydrogen-bond donors (Lipinski definition) is 1. The summed E-state index contributed by atoms with van der Waals surface area (Å²) in [4.78, 5) is 32.3. The molecule has 0 saturated carbocycles. The predicted octanol–water partition coefficient (Wildman–Crippen LogP) is 3.91. The Balaban J connectivity index is 1.43. The van der Waals surface area contributed by atoms with Gasteiger partial charge in [-0.05, 0) is 44.5 Å². The van der Waals surface area contributed by atoms with Crippen molar-refractivity contribution < 1.29 is 14.3 Å². The first-order valence-electron chi connectivity index (χ1n) is 11.7. The first kappa shape index (κ1) is 21.5. The van der Waals surface area contributed by atoms with E-state index in [1.807, 2.05) is 72.8 Å². The van der Waals surface area contributed by atoms with Crippen LogP contribution in [0.3, 0.4) is 0 Å². The average Bonchev–Trinajstić information content (AvgIpc) is 3.01. The smallest absolute Gasteiger partial charge is 0.251 e. The number of aryl methyl sites for hydroxylation is 2. The molecular formula is C26H30N4O3. The molecule has 1 aromatic heterocycles. The molecule has 172 valence electrons. The van der Waals surface area contributed by atoms with E-state index in [-0.39, 0.29) is 17.9 Å². The monoisotopic (exact) mass is 446 g/mol. The third-order valence-electron chi connectivity index (χ3n) is 7.24. The molecule has 1 fully saturated rings. The summed E-state index contributed by atoms with van der Waals surface area (Å²) in [7, 11) is 1.97. The number of likely N-dealkylation sites (tertiary alicyclic amines) is 1. The minimum absolute atomic E-state index is 0.128. The minimum Gasteiger partial charge on any atom is -0.487 e. The molecule has 7 nitrogen and oxygen atoms in total. The molecule has 2 aliphatic rings. The van der Waals surface area contributed by atoms with E-state index in [0.717, 1.165) is 34.6 Å². The van der Waals surface area contributed by atoms with Crippen molar-refractivity contribution in [3.63, 3.8) is 0 Å². The van der Waals surface area contributed by atoms with Crippen LogP contribution in [0.15, 0.2) is 42.5 Å². The van der Waals surface area contributed by atoms with Gasteiger partial charge in [-0.25, -0.2) is 4.98 Å². The number of carbonyl (C=O) groups is 2. The van der Waals surface area contributed by atoms with Crippen LogP contribution in [0.1, 0.15) is 60.4 Å². The van der Waals surface area contributed by atoms with Crippen LogP contribution in [0.2, 0.25) is 0 Å². The summed E-state index contributed by atoms with van der Waals surface area (Å²) in [6.45, 7) is 5.35. The second-order valence-corrected chi connectivity index (χ2v) is 9.20. The number of carbonyl (C=O) groups excluding carboxylic acids is 2. The van der Waals surface area contributed by atoms with Gasteiger partial charge in [0, 0.05) is 50.5 Å². The van der Waals surface area contributed by atoms with Crippen LogP contribution in [-0.4, -0.2) is 45.0 Å². The van der Waals surface area contributed by atoms with Crippen LogP contribution >= 0.6 is 0 Å². The maximum absolute atomic E-state index is 13.3. The number of aromatic nitrogens is 2. The van der Waals surface area contributed by atoms with Crippen molar-refractivity contribution in [2.45, 2.75) is 51.2 Å². The summed E-state index contributed by atoms with van der Waals surface area (Å²) >= 11 is 0. The van der Waals surface area contributed by atoms with Crippen LogP contribution in [0.25, 0.3) is 11.0 Å². The van der Waals surface area contributed by atoms with Gasteiger partial charge in [-0.2, -0.15) is 0 Å². The van der Waals surface area contributed by atoms with Gasteiger partial charge in [-0.3, -0.25) is 9.59 Å². The highest BCUT2D eigenvalue weighted by molar-refractivity contribution is 5.97. The topological polar surface area (TPSA) is 76.5 Å². The third kappa shape index (κ3) is 3.86. The lowest BCUT2D eigenvalue weighted by molar-refractivity contribution is -0.130. The van der Waals surface area contributed by atoms with Crippen molar-refractivity contribution in [1.82, 2.24) is 19.8 Å². The van der Waals surface area contributed by atoms with E-state index in [1.165, 1.54) is 0 Å². The highest BCUT2D eigenvalue weighted by atomic mass is 16.5. The first-order valence-corrected chi connectivity index (χ1v) is 11.7. The quantitative estimate of drug-likeness (QED) is 0.662. The molecule has 2 atom stereocenters. The number of hydrogen-bond acceptors (Lipinski definition) is 4. The highest BCUT2D eigenvalue weighted by Crippen LogP contribution is 2.44. The molecule has 3 heterocycles. The summed E-state index contributed by atoms with van der Waals surface area (Å²) in [5, 5.41) is 3.25. The molecule has 2 aromatic carbocycles. The van der Waals surface area contributed by atoms with Crippen LogP contribution in [0, 0.1) is 6.92 Å². The number of amides is 2. The summed E-state index contributed by atoms with van der Waals surface area (Å²) in [5.41, 5.74) is 2.92. The number of ether oxygens (including phenoxy) is 1. The Morgan fingerprint density at radius 1 is 1.24 bits per heavy atom. The molecule has 3 aromatic rings. The molecule has 1 saturated heterocycles. The number of nitrogens with zero attached hydrogens (tertiary/aromatic N) is 3. The van der Waals surface area contributed by atoms with Crippen molar-refractivity contribution in [3.8, 4) is 5.75 Å². The largest absolute Gasteiger partial charge is 0.487 e. The van der Waals surface area contributed by atoms with Gasteiger partial charge in [0.1, 0.15) is 17.2 Å². The van der Waals surface area contributed by atoms with Crippen LogP contribution in [-0.2, 0) is 11.8 Å². The first-order chi connectivity index (χ1) is 15.9. The van der Waals surface area contributed by atoms with Crippen LogP contribution in [0.4, 0.5) is 0 Å². The molecule has 0 bridgehead atoms. The fraction of sp³-hybridized carbons (Fsp3) is 0.423.